The number of nitrogens with one attached hydrogen (secondary N) is 1. The summed E-state index contributed by atoms with van der Waals surface area (Å²) in [5.41, 5.74) is 2.33. The molecule has 3 rings (SSSR count). The molecule has 0 unspecified atom stereocenters. The summed E-state index contributed by atoms with van der Waals surface area (Å²) in [7, 11) is 0. The van der Waals surface area contributed by atoms with Crippen LogP contribution in [0.25, 0.3) is 0 Å². The molecule has 0 radical (unpaired) electrons. The van der Waals surface area contributed by atoms with Crippen molar-refractivity contribution >= 4 is 23.9 Å². The zero-order valence-corrected chi connectivity index (χ0v) is 19.1. The van der Waals surface area contributed by atoms with Crippen molar-refractivity contribution in [3.8, 4) is 0 Å². The second-order valence-electron chi connectivity index (χ2n) is 8.12. The van der Waals surface area contributed by atoms with Gasteiger partial charge in [0.05, 0.1) is 0 Å². The highest BCUT2D eigenvalue weighted by atomic mass is 16.5. The number of hydrogen-bond donors (Lipinski definition) is 2. The number of alkyl carbamates (subject to hydrolysis) is 1. The van der Waals surface area contributed by atoms with Gasteiger partial charge in [-0.25, -0.2) is 9.59 Å². The third-order valence-electron chi connectivity index (χ3n) is 5.74. The molecule has 0 aliphatic carbocycles. The number of aryl methyl sites for hydroxylation is 1. The Morgan fingerprint density at radius 2 is 1.56 bits per heavy atom. The fourth-order valence-electron chi connectivity index (χ4n) is 3.73. The lowest BCUT2D eigenvalue weighted by atomic mass is 10.1. The van der Waals surface area contributed by atoms with E-state index in [-0.39, 0.29) is 31.3 Å². The summed E-state index contributed by atoms with van der Waals surface area (Å²) in [5.74, 6) is -1.51. The fourth-order valence-corrected chi connectivity index (χ4v) is 3.73. The Balaban J connectivity index is 1.43. The van der Waals surface area contributed by atoms with Crippen LogP contribution in [0.2, 0.25) is 0 Å². The Morgan fingerprint density at radius 1 is 0.941 bits per heavy atom. The van der Waals surface area contributed by atoms with E-state index in [4.69, 9.17) is 4.74 Å². The third-order valence-corrected chi connectivity index (χ3v) is 5.74. The number of nitrogens with zero attached hydrogens (tertiary/aromatic N) is 2. The molecule has 1 atom stereocenters. The first-order valence-corrected chi connectivity index (χ1v) is 11.2. The minimum atomic E-state index is -1.24. The van der Waals surface area contributed by atoms with E-state index in [1.807, 2.05) is 31.2 Å². The molecule has 1 aliphatic rings. The second-order valence-corrected chi connectivity index (χ2v) is 8.12. The normalized spacial score (nSPS) is 14.3. The van der Waals surface area contributed by atoms with Gasteiger partial charge in [-0.1, -0.05) is 48.5 Å². The molecule has 180 valence electrons. The van der Waals surface area contributed by atoms with Crippen molar-refractivity contribution in [1.82, 2.24) is 15.1 Å². The lowest BCUT2D eigenvalue weighted by Crippen LogP contribution is -2.51. The molecular formula is C25H29N3O6. The highest BCUT2D eigenvalue weighted by Gasteiger charge is 2.27. The molecule has 9 nitrogen and oxygen atoms in total. The molecule has 1 aliphatic heterocycles. The Labute approximate surface area is 198 Å². The number of carbonyl (C=O) groups is 4. The number of benzene rings is 2. The molecule has 1 saturated heterocycles. The average molecular weight is 468 g/mol. The monoisotopic (exact) mass is 467 g/mol. The molecule has 2 aromatic rings. The number of aliphatic carboxylic acids is 1. The van der Waals surface area contributed by atoms with Crippen molar-refractivity contribution in [3.63, 3.8) is 0 Å². The molecule has 2 aromatic carbocycles. The van der Waals surface area contributed by atoms with Gasteiger partial charge < -0.3 is 25.0 Å². The van der Waals surface area contributed by atoms with Crippen molar-refractivity contribution in [2.75, 3.05) is 26.2 Å². The van der Waals surface area contributed by atoms with Crippen LogP contribution in [-0.4, -0.2) is 71.0 Å². The van der Waals surface area contributed by atoms with Crippen LogP contribution in [0.15, 0.2) is 54.6 Å². The van der Waals surface area contributed by atoms with E-state index < -0.39 is 18.1 Å². The number of carboxylic acids is 1. The zero-order chi connectivity index (χ0) is 24.5. The number of hydrogen-bond acceptors (Lipinski definition) is 5. The minimum Gasteiger partial charge on any atom is -0.480 e. The molecule has 34 heavy (non-hydrogen) atoms. The van der Waals surface area contributed by atoms with E-state index in [2.05, 4.69) is 5.32 Å². The Hall–Kier alpha value is -3.88. The summed E-state index contributed by atoms with van der Waals surface area (Å²) in [6, 6.07) is 15.2. The predicted molar refractivity (Wildman–Crippen MR) is 124 cm³/mol. The van der Waals surface area contributed by atoms with Crippen molar-refractivity contribution in [1.29, 1.82) is 0 Å². The van der Waals surface area contributed by atoms with Crippen LogP contribution in [0.4, 0.5) is 4.79 Å². The van der Waals surface area contributed by atoms with E-state index >= 15 is 0 Å². The maximum absolute atomic E-state index is 12.7. The van der Waals surface area contributed by atoms with E-state index in [1.165, 1.54) is 0 Å². The van der Waals surface area contributed by atoms with E-state index in [0.717, 1.165) is 11.1 Å². The van der Waals surface area contributed by atoms with Gasteiger partial charge in [0.15, 0.2) is 0 Å². The average Bonchev–Trinajstić information content (AvgIpc) is 2.85. The van der Waals surface area contributed by atoms with Crippen molar-refractivity contribution in [2.45, 2.75) is 32.4 Å². The number of amides is 3. The van der Waals surface area contributed by atoms with Crippen LogP contribution < -0.4 is 5.32 Å². The van der Waals surface area contributed by atoms with E-state index in [1.54, 1.807) is 40.1 Å². The summed E-state index contributed by atoms with van der Waals surface area (Å²) < 4.78 is 5.06. The smallest absolute Gasteiger partial charge is 0.408 e. The Bertz CT molecular complexity index is 1020. The van der Waals surface area contributed by atoms with Gasteiger partial charge in [-0.3, -0.25) is 9.59 Å². The Kier molecular flexibility index (Phi) is 8.61. The van der Waals surface area contributed by atoms with E-state index in [0.29, 0.717) is 31.7 Å². The van der Waals surface area contributed by atoms with Gasteiger partial charge in [0, 0.05) is 38.2 Å². The summed E-state index contributed by atoms with van der Waals surface area (Å²) in [5, 5.41) is 11.7. The number of carbonyl (C=O) groups excluding carboxylic acids is 3. The lowest BCUT2D eigenvalue weighted by molar-refractivity contribution is -0.140. The summed E-state index contributed by atoms with van der Waals surface area (Å²) in [6.07, 6.45) is -0.953. The quantitative estimate of drug-likeness (QED) is 0.616. The van der Waals surface area contributed by atoms with Crippen LogP contribution >= 0.6 is 0 Å². The van der Waals surface area contributed by atoms with Crippen LogP contribution in [0.1, 0.15) is 34.3 Å². The standard InChI is InChI=1S/C25H29N3O6/c1-18-7-5-6-10-20(18)23(30)28-15-13-27(14-16-28)22(29)12-11-21(24(31)32)26-25(33)34-17-19-8-3-2-4-9-19/h2-10,21H,11-17H2,1H3,(H,26,33)(H,31,32)/t21-/m0/s1. The molecule has 1 heterocycles. The van der Waals surface area contributed by atoms with Gasteiger partial charge in [-0.05, 0) is 30.5 Å². The molecule has 0 aromatic heterocycles. The maximum Gasteiger partial charge on any atom is 0.408 e. The third kappa shape index (κ3) is 6.81. The number of rotatable bonds is 8. The summed E-state index contributed by atoms with van der Waals surface area (Å²) >= 11 is 0. The molecule has 0 bridgehead atoms. The highest BCUT2D eigenvalue weighted by Crippen LogP contribution is 2.14. The van der Waals surface area contributed by atoms with Crippen LogP contribution in [0.5, 0.6) is 0 Å². The largest absolute Gasteiger partial charge is 0.480 e. The van der Waals surface area contributed by atoms with Gasteiger partial charge in [0.2, 0.25) is 5.91 Å². The fraction of sp³-hybridized carbons (Fsp3) is 0.360. The van der Waals surface area contributed by atoms with Crippen molar-refractivity contribution in [3.05, 3.63) is 71.3 Å². The van der Waals surface area contributed by atoms with Crippen LogP contribution in [-0.2, 0) is 20.9 Å². The molecule has 0 saturated carbocycles. The second kappa shape index (κ2) is 11.8. The number of carboxylic acid groups (broad SMARTS) is 1. The first kappa shape index (κ1) is 24.8. The SMILES string of the molecule is Cc1ccccc1C(=O)N1CCN(C(=O)CC[C@H](NC(=O)OCc2ccccc2)C(=O)O)CC1. The van der Waals surface area contributed by atoms with Gasteiger partial charge in [-0.15, -0.1) is 0 Å². The highest BCUT2D eigenvalue weighted by molar-refractivity contribution is 5.95. The first-order chi connectivity index (χ1) is 16.3. The number of piperazine rings is 1. The molecule has 1 fully saturated rings. The molecule has 9 heteroatoms. The van der Waals surface area contributed by atoms with Gasteiger partial charge >= 0.3 is 12.1 Å². The predicted octanol–water partition coefficient (Wildman–Crippen LogP) is 2.44. The van der Waals surface area contributed by atoms with Gasteiger partial charge in [-0.2, -0.15) is 0 Å². The summed E-state index contributed by atoms with van der Waals surface area (Å²) in [4.78, 5) is 52.2. The zero-order valence-electron chi connectivity index (χ0n) is 19.1. The van der Waals surface area contributed by atoms with E-state index in [9.17, 15) is 24.3 Å². The first-order valence-electron chi connectivity index (χ1n) is 11.2. The molecular weight excluding hydrogens is 438 g/mol. The molecule has 2 N–H and O–H groups in total. The minimum absolute atomic E-state index is 0.0173. The van der Waals surface area contributed by atoms with Gasteiger partial charge in [0.25, 0.3) is 5.91 Å². The molecule has 0 spiro atoms. The van der Waals surface area contributed by atoms with Crippen molar-refractivity contribution < 1.29 is 29.0 Å². The molecule has 3 amide bonds. The number of ether oxygens (including phenoxy) is 1. The van der Waals surface area contributed by atoms with Gasteiger partial charge in [0.1, 0.15) is 12.6 Å². The van der Waals surface area contributed by atoms with Crippen LogP contribution in [0.3, 0.4) is 0 Å². The van der Waals surface area contributed by atoms with Crippen LogP contribution in [0, 0.1) is 6.92 Å². The topological polar surface area (TPSA) is 116 Å². The van der Waals surface area contributed by atoms with Crippen molar-refractivity contribution in [2.24, 2.45) is 0 Å². The maximum atomic E-state index is 12.7. The lowest BCUT2D eigenvalue weighted by Gasteiger charge is -2.35. The summed E-state index contributed by atoms with van der Waals surface area (Å²) in [6.45, 7) is 3.47. The Morgan fingerprint density at radius 3 is 2.21 bits per heavy atom.